The van der Waals surface area contributed by atoms with Crippen molar-refractivity contribution in [3.05, 3.63) is 12.7 Å². The maximum Gasteiger partial charge on any atom is 0.326 e. The predicted molar refractivity (Wildman–Crippen MR) is 59.2 cm³/mol. The lowest BCUT2D eigenvalue weighted by molar-refractivity contribution is -0.153. The number of carbonyl (C=O) groups excluding carboxylic acids is 1. The zero-order valence-electron chi connectivity index (χ0n) is 9.16. The molecule has 0 aromatic heterocycles. The lowest BCUT2D eigenvalue weighted by Gasteiger charge is -2.33. The highest BCUT2D eigenvalue weighted by molar-refractivity contribution is 5.81. The van der Waals surface area contributed by atoms with Gasteiger partial charge >= 0.3 is 5.97 Å². The van der Waals surface area contributed by atoms with E-state index in [1.807, 2.05) is 4.90 Å². The van der Waals surface area contributed by atoms with E-state index in [9.17, 15) is 4.79 Å². The first-order valence-corrected chi connectivity index (χ1v) is 5.09. The number of hydrogen-bond acceptors (Lipinski definition) is 3. The van der Waals surface area contributed by atoms with Gasteiger partial charge in [-0.15, -0.1) is 13.0 Å². The number of ether oxygens (including phenoxy) is 1. The molecule has 0 N–H and O–H groups in total. The minimum absolute atomic E-state index is 0.199. The van der Waals surface area contributed by atoms with Crippen LogP contribution in [0.1, 0.15) is 19.3 Å². The van der Waals surface area contributed by atoms with Crippen LogP contribution in [0.3, 0.4) is 0 Å². The van der Waals surface area contributed by atoms with E-state index in [2.05, 4.69) is 12.5 Å². The first kappa shape index (κ1) is 11.8. The first-order valence-electron chi connectivity index (χ1n) is 5.09. The number of hydrogen-bond donors (Lipinski definition) is 0. The maximum atomic E-state index is 11.8. The standard InChI is InChI=1S/C12H17NO2/c1-4-7-12(11(14)15-3)8-6-10-13(12)9-5-2/h2,4H,1,6-10H2,3H3. The van der Waals surface area contributed by atoms with Crippen LogP contribution in [-0.4, -0.2) is 36.6 Å². The summed E-state index contributed by atoms with van der Waals surface area (Å²) in [4.78, 5) is 13.8. The molecule has 1 saturated heterocycles. The van der Waals surface area contributed by atoms with Gasteiger partial charge < -0.3 is 4.74 Å². The molecule has 15 heavy (non-hydrogen) atoms. The Morgan fingerprint density at radius 2 is 2.53 bits per heavy atom. The molecule has 0 aromatic carbocycles. The lowest BCUT2D eigenvalue weighted by Crippen LogP contribution is -2.50. The summed E-state index contributed by atoms with van der Waals surface area (Å²) in [5.74, 6) is 2.39. The third kappa shape index (κ3) is 2.05. The van der Waals surface area contributed by atoms with Crippen LogP contribution in [0.2, 0.25) is 0 Å². The van der Waals surface area contributed by atoms with E-state index in [1.54, 1.807) is 6.08 Å². The van der Waals surface area contributed by atoms with Gasteiger partial charge in [-0.25, -0.2) is 0 Å². The zero-order chi connectivity index (χ0) is 11.3. The highest BCUT2D eigenvalue weighted by Gasteiger charge is 2.46. The molecule has 0 aromatic rings. The molecular weight excluding hydrogens is 190 g/mol. The fourth-order valence-electron chi connectivity index (χ4n) is 2.25. The molecule has 0 amide bonds. The average Bonchev–Trinajstić information content (AvgIpc) is 2.63. The van der Waals surface area contributed by atoms with E-state index in [4.69, 9.17) is 11.2 Å². The highest BCUT2D eigenvalue weighted by Crippen LogP contribution is 2.33. The Balaban J connectivity index is 2.92. The molecule has 1 heterocycles. The predicted octanol–water partition coefficient (Wildman–Crippen LogP) is 1.20. The molecule has 3 nitrogen and oxygen atoms in total. The third-order valence-corrected chi connectivity index (χ3v) is 2.95. The molecular formula is C12H17NO2. The van der Waals surface area contributed by atoms with Crippen molar-refractivity contribution in [2.45, 2.75) is 24.8 Å². The largest absolute Gasteiger partial charge is 0.468 e. The van der Waals surface area contributed by atoms with E-state index < -0.39 is 5.54 Å². The Labute approximate surface area is 91.1 Å². The molecule has 1 aliphatic rings. The maximum absolute atomic E-state index is 11.8. The van der Waals surface area contributed by atoms with Crippen molar-refractivity contribution in [3.63, 3.8) is 0 Å². The summed E-state index contributed by atoms with van der Waals surface area (Å²) >= 11 is 0. The number of esters is 1. The fourth-order valence-corrected chi connectivity index (χ4v) is 2.25. The van der Waals surface area contributed by atoms with Gasteiger partial charge in [0.1, 0.15) is 5.54 Å². The second-order valence-corrected chi connectivity index (χ2v) is 3.75. The summed E-state index contributed by atoms with van der Waals surface area (Å²) in [6.07, 6.45) is 9.43. The summed E-state index contributed by atoms with van der Waals surface area (Å²) in [5, 5.41) is 0. The number of nitrogens with zero attached hydrogens (tertiary/aromatic N) is 1. The molecule has 0 spiro atoms. The van der Waals surface area contributed by atoms with Gasteiger partial charge in [-0.05, 0) is 19.3 Å². The van der Waals surface area contributed by atoms with E-state index in [0.29, 0.717) is 13.0 Å². The van der Waals surface area contributed by atoms with Crippen molar-refractivity contribution in [2.75, 3.05) is 20.2 Å². The van der Waals surface area contributed by atoms with Crippen molar-refractivity contribution < 1.29 is 9.53 Å². The van der Waals surface area contributed by atoms with Crippen LogP contribution in [0.5, 0.6) is 0 Å². The lowest BCUT2D eigenvalue weighted by atomic mass is 9.92. The molecule has 1 unspecified atom stereocenters. The molecule has 3 heteroatoms. The van der Waals surface area contributed by atoms with Gasteiger partial charge in [-0.1, -0.05) is 12.0 Å². The Morgan fingerprint density at radius 3 is 3.07 bits per heavy atom. The molecule has 82 valence electrons. The summed E-state index contributed by atoms with van der Waals surface area (Å²) in [6.45, 7) is 5.04. The molecule has 0 saturated carbocycles. The average molecular weight is 207 g/mol. The number of carbonyl (C=O) groups is 1. The van der Waals surface area contributed by atoms with Crippen LogP contribution in [-0.2, 0) is 9.53 Å². The van der Waals surface area contributed by atoms with E-state index in [-0.39, 0.29) is 5.97 Å². The first-order chi connectivity index (χ1) is 7.21. The van der Waals surface area contributed by atoms with Gasteiger partial charge in [0.25, 0.3) is 0 Å². The van der Waals surface area contributed by atoms with Crippen LogP contribution < -0.4 is 0 Å². The number of terminal acetylenes is 1. The number of methoxy groups -OCH3 is 1. The molecule has 0 bridgehead atoms. The Kier molecular flexibility index (Phi) is 3.93. The van der Waals surface area contributed by atoms with Gasteiger partial charge in [0.05, 0.1) is 13.7 Å². The third-order valence-electron chi connectivity index (χ3n) is 2.95. The normalized spacial score (nSPS) is 25.9. The molecule has 1 atom stereocenters. The quantitative estimate of drug-likeness (QED) is 0.394. The monoisotopic (exact) mass is 207 g/mol. The van der Waals surface area contributed by atoms with E-state index in [1.165, 1.54) is 7.11 Å². The molecule has 0 radical (unpaired) electrons. The van der Waals surface area contributed by atoms with Crippen molar-refractivity contribution in [1.29, 1.82) is 0 Å². The molecule has 0 aliphatic carbocycles. The molecule has 1 aliphatic heterocycles. The Hall–Kier alpha value is -1.27. The van der Waals surface area contributed by atoms with Crippen LogP contribution >= 0.6 is 0 Å². The van der Waals surface area contributed by atoms with E-state index >= 15 is 0 Å². The minimum atomic E-state index is -0.567. The van der Waals surface area contributed by atoms with Gasteiger partial charge in [-0.3, -0.25) is 9.69 Å². The fraction of sp³-hybridized carbons (Fsp3) is 0.583. The summed E-state index contributed by atoms with van der Waals surface area (Å²) in [7, 11) is 1.42. The SMILES string of the molecule is C#CCN1CCCC1(CC=C)C(=O)OC. The van der Waals surface area contributed by atoms with Gasteiger partial charge in [-0.2, -0.15) is 0 Å². The number of rotatable bonds is 4. The van der Waals surface area contributed by atoms with Crippen molar-refractivity contribution >= 4 is 5.97 Å². The molecule has 1 fully saturated rings. The van der Waals surface area contributed by atoms with E-state index in [0.717, 1.165) is 19.4 Å². The second-order valence-electron chi connectivity index (χ2n) is 3.75. The van der Waals surface area contributed by atoms with Crippen molar-refractivity contribution in [2.24, 2.45) is 0 Å². The molecule has 1 rings (SSSR count). The number of likely N-dealkylation sites (tertiary alicyclic amines) is 1. The van der Waals surface area contributed by atoms with Crippen molar-refractivity contribution in [1.82, 2.24) is 4.90 Å². The zero-order valence-corrected chi connectivity index (χ0v) is 9.16. The summed E-state index contributed by atoms with van der Waals surface area (Å²) < 4.78 is 4.87. The van der Waals surface area contributed by atoms with Gasteiger partial charge in [0.2, 0.25) is 0 Å². The van der Waals surface area contributed by atoms with Gasteiger partial charge in [0, 0.05) is 6.54 Å². The Morgan fingerprint density at radius 1 is 1.80 bits per heavy atom. The minimum Gasteiger partial charge on any atom is -0.468 e. The van der Waals surface area contributed by atoms with Crippen LogP contribution in [0.25, 0.3) is 0 Å². The topological polar surface area (TPSA) is 29.5 Å². The smallest absolute Gasteiger partial charge is 0.326 e. The summed E-state index contributed by atoms with van der Waals surface area (Å²) in [5.41, 5.74) is -0.567. The summed E-state index contributed by atoms with van der Waals surface area (Å²) in [6, 6.07) is 0. The van der Waals surface area contributed by atoms with Crippen LogP contribution in [0, 0.1) is 12.3 Å². The van der Waals surface area contributed by atoms with Crippen molar-refractivity contribution in [3.8, 4) is 12.3 Å². The second kappa shape index (κ2) is 4.99. The van der Waals surface area contributed by atoms with Crippen LogP contribution in [0.4, 0.5) is 0 Å². The van der Waals surface area contributed by atoms with Gasteiger partial charge in [0.15, 0.2) is 0 Å². The Bertz CT molecular complexity index is 292. The highest BCUT2D eigenvalue weighted by atomic mass is 16.5. The van der Waals surface area contributed by atoms with Crippen LogP contribution in [0.15, 0.2) is 12.7 Å².